The Morgan fingerprint density at radius 2 is 1.74 bits per heavy atom. The summed E-state index contributed by atoms with van der Waals surface area (Å²) in [6, 6.07) is 7.91. The van der Waals surface area contributed by atoms with E-state index in [-0.39, 0.29) is 47.6 Å². The summed E-state index contributed by atoms with van der Waals surface area (Å²) in [6.45, 7) is 0.742. The number of rotatable bonds is 4. The third kappa shape index (κ3) is 4.25. The molecule has 27 heavy (non-hydrogen) atoms. The van der Waals surface area contributed by atoms with E-state index in [4.69, 9.17) is 27.9 Å². The highest BCUT2D eigenvalue weighted by atomic mass is 35.5. The normalized spacial score (nSPS) is 15.5. The largest absolute Gasteiger partial charge is 0.379 e. The summed E-state index contributed by atoms with van der Waals surface area (Å²) < 4.78 is 45.9. The van der Waals surface area contributed by atoms with Crippen LogP contribution in [0.25, 0.3) is 0 Å². The van der Waals surface area contributed by atoms with E-state index in [9.17, 15) is 17.6 Å². The van der Waals surface area contributed by atoms with E-state index in [1.165, 1.54) is 18.2 Å². The third-order valence-corrected chi connectivity index (χ3v) is 6.51. The fraction of sp³-hybridized carbons (Fsp3) is 0.235. The molecular formula is C17H15Cl2FN2O4S. The number of carbonyl (C=O) groups excluding carboxylic acids is 1. The SMILES string of the molecule is O=C(Nc1ccc(F)c(S(=O)(=O)N2CCOCC2)c1)c1c(Cl)cccc1Cl. The van der Waals surface area contributed by atoms with Crippen LogP contribution in [0.5, 0.6) is 0 Å². The van der Waals surface area contributed by atoms with Gasteiger partial charge in [-0.25, -0.2) is 12.8 Å². The number of nitrogens with one attached hydrogen (secondary N) is 1. The number of carbonyl (C=O) groups is 1. The molecule has 1 N–H and O–H groups in total. The summed E-state index contributed by atoms with van der Waals surface area (Å²) in [5.74, 6) is -1.54. The molecule has 0 aliphatic carbocycles. The molecule has 0 spiro atoms. The zero-order chi connectivity index (χ0) is 19.6. The van der Waals surface area contributed by atoms with Crippen molar-refractivity contribution in [3.8, 4) is 0 Å². The Kier molecular flexibility index (Phi) is 6.02. The summed E-state index contributed by atoms with van der Waals surface area (Å²) in [7, 11) is -4.06. The molecule has 0 bridgehead atoms. The average molecular weight is 433 g/mol. The van der Waals surface area contributed by atoms with E-state index in [2.05, 4.69) is 5.32 Å². The Balaban J connectivity index is 1.90. The van der Waals surface area contributed by atoms with Crippen molar-refractivity contribution in [2.24, 2.45) is 0 Å². The Bertz CT molecular complexity index is 959. The van der Waals surface area contributed by atoms with Crippen molar-refractivity contribution in [1.82, 2.24) is 4.31 Å². The summed E-state index contributed by atoms with van der Waals surface area (Å²) in [6.07, 6.45) is 0. The summed E-state index contributed by atoms with van der Waals surface area (Å²) in [4.78, 5) is 11.9. The number of halogens is 3. The van der Waals surface area contributed by atoms with Gasteiger partial charge in [0.2, 0.25) is 10.0 Å². The highest BCUT2D eigenvalue weighted by molar-refractivity contribution is 7.89. The van der Waals surface area contributed by atoms with Crippen LogP contribution in [0.2, 0.25) is 10.0 Å². The lowest BCUT2D eigenvalue weighted by Crippen LogP contribution is -2.40. The minimum Gasteiger partial charge on any atom is -0.379 e. The molecule has 1 fully saturated rings. The lowest BCUT2D eigenvalue weighted by atomic mass is 10.2. The number of anilines is 1. The van der Waals surface area contributed by atoms with Crippen LogP contribution in [0.4, 0.5) is 10.1 Å². The van der Waals surface area contributed by atoms with Gasteiger partial charge in [-0.15, -0.1) is 0 Å². The van der Waals surface area contributed by atoms with Crippen LogP contribution in [0.1, 0.15) is 10.4 Å². The van der Waals surface area contributed by atoms with Gasteiger partial charge in [-0.2, -0.15) is 4.31 Å². The molecule has 1 aliphatic heterocycles. The number of amides is 1. The van der Waals surface area contributed by atoms with Gasteiger partial charge >= 0.3 is 0 Å². The minimum absolute atomic E-state index is 0.0442. The van der Waals surface area contributed by atoms with E-state index in [1.54, 1.807) is 6.07 Å². The first-order valence-electron chi connectivity index (χ1n) is 7.93. The van der Waals surface area contributed by atoms with Crippen LogP contribution in [-0.2, 0) is 14.8 Å². The van der Waals surface area contributed by atoms with E-state index in [0.29, 0.717) is 0 Å². The molecule has 0 saturated carbocycles. The molecule has 2 aromatic rings. The summed E-state index contributed by atoms with van der Waals surface area (Å²) >= 11 is 12.0. The van der Waals surface area contributed by atoms with Crippen LogP contribution in [0, 0.1) is 5.82 Å². The predicted octanol–water partition coefficient (Wildman–Crippen LogP) is 3.41. The molecule has 6 nitrogen and oxygen atoms in total. The van der Waals surface area contributed by atoms with Crippen molar-refractivity contribution >= 4 is 44.8 Å². The van der Waals surface area contributed by atoms with Crippen molar-refractivity contribution in [3.05, 3.63) is 57.8 Å². The van der Waals surface area contributed by atoms with Gasteiger partial charge in [0, 0.05) is 18.8 Å². The highest BCUT2D eigenvalue weighted by Crippen LogP contribution is 2.27. The van der Waals surface area contributed by atoms with Crippen LogP contribution >= 0.6 is 23.2 Å². The molecule has 1 heterocycles. The second kappa shape index (κ2) is 8.12. The first kappa shape index (κ1) is 20.0. The number of sulfonamides is 1. The van der Waals surface area contributed by atoms with Crippen molar-refractivity contribution in [1.29, 1.82) is 0 Å². The summed E-state index contributed by atoms with van der Waals surface area (Å²) in [5.41, 5.74) is 0.145. The van der Waals surface area contributed by atoms with Crippen molar-refractivity contribution in [2.75, 3.05) is 31.6 Å². The van der Waals surface area contributed by atoms with Gasteiger partial charge < -0.3 is 10.1 Å². The van der Waals surface area contributed by atoms with Crippen LogP contribution < -0.4 is 5.32 Å². The molecule has 10 heteroatoms. The standard InChI is InChI=1S/C17H15Cl2FN2O4S/c18-12-2-1-3-13(19)16(12)17(23)21-11-4-5-14(20)15(10-11)27(24,25)22-6-8-26-9-7-22/h1-5,10H,6-9H2,(H,21,23). The number of ether oxygens (including phenoxy) is 1. The average Bonchev–Trinajstić information content (AvgIpc) is 2.64. The molecule has 2 aromatic carbocycles. The van der Waals surface area contributed by atoms with Gasteiger partial charge in [-0.3, -0.25) is 4.79 Å². The first-order chi connectivity index (χ1) is 12.8. The van der Waals surface area contributed by atoms with E-state index in [1.807, 2.05) is 0 Å². The zero-order valence-corrected chi connectivity index (χ0v) is 16.2. The maximum absolute atomic E-state index is 14.2. The van der Waals surface area contributed by atoms with Crippen LogP contribution in [0.3, 0.4) is 0 Å². The van der Waals surface area contributed by atoms with E-state index < -0.39 is 26.6 Å². The number of nitrogens with zero attached hydrogens (tertiary/aromatic N) is 1. The molecule has 3 rings (SSSR count). The number of morpholine rings is 1. The third-order valence-electron chi connectivity index (χ3n) is 3.97. The lowest BCUT2D eigenvalue weighted by molar-refractivity contribution is 0.0729. The van der Waals surface area contributed by atoms with Gasteiger partial charge in [0.05, 0.1) is 28.8 Å². The molecule has 1 saturated heterocycles. The van der Waals surface area contributed by atoms with Gasteiger partial charge in [-0.05, 0) is 30.3 Å². The summed E-state index contributed by atoms with van der Waals surface area (Å²) in [5, 5.41) is 2.78. The van der Waals surface area contributed by atoms with Gasteiger partial charge in [0.1, 0.15) is 10.7 Å². The molecule has 0 unspecified atom stereocenters. The highest BCUT2D eigenvalue weighted by Gasteiger charge is 2.29. The molecule has 0 atom stereocenters. The lowest BCUT2D eigenvalue weighted by Gasteiger charge is -2.26. The van der Waals surface area contributed by atoms with Gasteiger partial charge in [-0.1, -0.05) is 29.3 Å². The molecular weight excluding hydrogens is 418 g/mol. The molecule has 0 aromatic heterocycles. The molecule has 144 valence electrons. The van der Waals surface area contributed by atoms with Crippen molar-refractivity contribution < 1.29 is 22.3 Å². The van der Waals surface area contributed by atoms with E-state index in [0.717, 1.165) is 16.4 Å². The van der Waals surface area contributed by atoms with Gasteiger partial charge in [0.15, 0.2) is 0 Å². The molecule has 0 radical (unpaired) electrons. The molecule has 1 aliphatic rings. The van der Waals surface area contributed by atoms with Crippen LogP contribution in [-0.4, -0.2) is 44.9 Å². The van der Waals surface area contributed by atoms with Crippen LogP contribution in [0.15, 0.2) is 41.3 Å². The monoisotopic (exact) mass is 432 g/mol. The first-order valence-corrected chi connectivity index (χ1v) is 10.1. The topological polar surface area (TPSA) is 75.7 Å². The smallest absolute Gasteiger partial charge is 0.258 e. The fourth-order valence-corrected chi connectivity index (χ4v) is 4.68. The number of hydrogen-bond donors (Lipinski definition) is 1. The predicted molar refractivity (Wildman–Crippen MR) is 100 cm³/mol. The van der Waals surface area contributed by atoms with Crippen molar-refractivity contribution in [3.63, 3.8) is 0 Å². The number of hydrogen-bond acceptors (Lipinski definition) is 4. The zero-order valence-electron chi connectivity index (χ0n) is 13.9. The maximum atomic E-state index is 14.2. The second-order valence-corrected chi connectivity index (χ2v) is 8.43. The Morgan fingerprint density at radius 3 is 2.37 bits per heavy atom. The Hall–Kier alpha value is -1.71. The van der Waals surface area contributed by atoms with E-state index >= 15 is 0 Å². The van der Waals surface area contributed by atoms with Crippen molar-refractivity contribution in [2.45, 2.75) is 4.90 Å². The second-order valence-electron chi connectivity index (χ2n) is 5.71. The Morgan fingerprint density at radius 1 is 1.11 bits per heavy atom. The Labute approximate surface area is 165 Å². The minimum atomic E-state index is -4.06. The van der Waals surface area contributed by atoms with Gasteiger partial charge in [0.25, 0.3) is 5.91 Å². The number of benzene rings is 2. The molecule has 1 amide bonds. The quantitative estimate of drug-likeness (QED) is 0.802. The fourth-order valence-electron chi connectivity index (χ4n) is 2.61. The maximum Gasteiger partial charge on any atom is 0.258 e.